The van der Waals surface area contributed by atoms with Crippen molar-refractivity contribution in [2.75, 3.05) is 18.4 Å². The molecule has 1 heterocycles. The topological polar surface area (TPSA) is 91.6 Å². The average Bonchev–Trinajstić information content (AvgIpc) is 3.15. The second-order valence-corrected chi connectivity index (χ2v) is 11.5. The molecule has 0 aliphatic rings. The van der Waals surface area contributed by atoms with Gasteiger partial charge in [0.15, 0.2) is 0 Å². The van der Waals surface area contributed by atoms with Gasteiger partial charge < -0.3 is 15.0 Å². The second kappa shape index (κ2) is 10.8. The predicted octanol–water partition coefficient (Wildman–Crippen LogP) is 4.85. The number of amides is 1. The number of hydrogen-bond donors (Lipinski definition) is 2. The van der Waals surface area contributed by atoms with E-state index in [1.165, 1.54) is 23.4 Å². The van der Waals surface area contributed by atoms with Crippen LogP contribution < -0.4 is 5.32 Å². The Hall–Kier alpha value is -3.20. The minimum absolute atomic E-state index is 0.0245. The van der Waals surface area contributed by atoms with Gasteiger partial charge in [-0.3, -0.25) is 4.79 Å². The number of anilines is 1. The molecule has 190 valence electrons. The van der Waals surface area contributed by atoms with Crippen LogP contribution in [0.2, 0.25) is 0 Å². The van der Waals surface area contributed by atoms with E-state index in [9.17, 15) is 18.3 Å². The standard InChI is InChI=1S/C28H33N3O4S/c1-20(2)16-17-30(36(34,35)24-14-12-22(13-15-24)29-21(3)32)18-23(33)19-31-27-10-6-4-8-25(27)26-9-5-7-11-28(26)31/h4-15,20,23,33H,16-19H2,1-3H3,(H,29,32). The van der Waals surface area contributed by atoms with E-state index < -0.39 is 16.1 Å². The third-order valence-corrected chi connectivity index (χ3v) is 8.14. The molecule has 4 aromatic rings. The van der Waals surface area contributed by atoms with Gasteiger partial charge in [0.25, 0.3) is 0 Å². The quantitative estimate of drug-likeness (QED) is 0.321. The summed E-state index contributed by atoms with van der Waals surface area (Å²) in [5.41, 5.74) is 2.53. The molecule has 2 N–H and O–H groups in total. The first-order valence-corrected chi connectivity index (χ1v) is 13.6. The lowest BCUT2D eigenvalue weighted by Crippen LogP contribution is -2.40. The first-order chi connectivity index (χ1) is 17.2. The lowest BCUT2D eigenvalue weighted by molar-refractivity contribution is -0.114. The van der Waals surface area contributed by atoms with Crippen molar-refractivity contribution in [3.8, 4) is 0 Å². The number of benzene rings is 3. The zero-order valence-electron chi connectivity index (χ0n) is 20.9. The Kier molecular flexibility index (Phi) is 7.78. The van der Waals surface area contributed by atoms with Crippen LogP contribution in [0.4, 0.5) is 5.69 Å². The van der Waals surface area contributed by atoms with Crippen LogP contribution in [0, 0.1) is 5.92 Å². The number of nitrogens with zero attached hydrogens (tertiary/aromatic N) is 2. The summed E-state index contributed by atoms with van der Waals surface area (Å²) in [7, 11) is -3.85. The molecule has 0 spiro atoms. The molecule has 3 aromatic carbocycles. The number of sulfonamides is 1. The number of nitrogens with one attached hydrogen (secondary N) is 1. The summed E-state index contributed by atoms with van der Waals surface area (Å²) < 4.78 is 30.6. The van der Waals surface area contributed by atoms with Crippen LogP contribution in [0.1, 0.15) is 27.2 Å². The molecule has 8 heteroatoms. The fourth-order valence-electron chi connectivity index (χ4n) is 4.48. The number of aromatic nitrogens is 1. The van der Waals surface area contributed by atoms with Crippen molar-refractivity contribution in [1.29, 1.82) is 0 Å². The van der Waals surface area contributed by atoms with Gasteiger partial charge in [-0.25, -0.2) is 8.42 Å². The zero-order valence-corrected chi connectivity index (χ0v) is 21.7. The molecule has 36 heavy (non-hydrogen) atoms. The molecule has 1 unspecified atom stereocenters. The van der Waals surface area contributed by atoms with Crippen molar-refractivity contribution in [3.63, 3.8) is 0 Å². The predicted molar refractivity (Wildman–Crippen MR) is 144 cm³/mol. The van der Waals surface area contributed by atoms with E-state index in [1.807, 2.05) is 50.2 Å². The second-order valence-electron chi connectivity index (χ2n) is 9.55. The molecule has 1 aromatic heterocycles. The highest BCUT2D eigenvalue weighted by Gasteiger charge is 2.27. The van der Waals surface area contributed by atoms with Crippen LogP contribution in [-0.2, 0) is 21.4 Å². The minimum Gasteiger partial charge on any atom is -0.390 e. The smallest absolute Gasteiger partial charge is 0.243 e. The Bertz CT molecular complexity index is 1410. The number of aliphatic hydroxyl groups excluding tert-OH is 1. The van der Waals surface area contributed by atoms with Crippen molar-refractivity contribution in [1.82, 2.24) is 8.87 Å². The van der Waals surface area contributed by atoms with E-state index >= 15 is 0 Å². The SMILES string of the molecule is CC(=O)Nc1ccc(S(=O)(=O)N(CCC(C)C)CC(O)Cn2c3ccccc3c3ccccc32)cc1. The highest BCUT2D eigenvalue weighted by Crippen LogP contribution is 2.29. The van der Waals surface area contributed by atoms with Gasteiger partial charge in [-0.2, -0.15) is 4.31 Å². The summed E-state index contributed by atoms with van der Waals surface area (Å²) in [6.07, 6.45) is -0.240. The van der Waals surface area contributed by atoms with Crippen LogP contribution in [0.25, 0.3) is 21.8 Å². The van der Waals surface area contributed by atoms with Crippen LogP contribution in [0.5, 0.6) is 0 Å². The van der Waals surface area contributed by atoms with Gasteiger partial charge in [-0.15, -0.1) is 0 Å². The first-order valence-electron chi connectivity index (χ1n) is 12.2. The maximum absolute atomic E-state index is 13.6. The fraction of sp³-hybridized carbons (Fsp3) is 0.321. The molecule has 7 nitrogen and oxygen atoms in total. The molecule has 1 atom stereocenters. The maximum Gasteiger partial charge on any atom is 0.243 e. The highest BCUT2D eigenvalue weighted by atomic mass is 32.2. The molecule has 1 amide bonds. The number of para-hydroxylation sites is 2. The van der Waals surface area contributed by atoms with E-state index in [0.29, 0.717) is 24.6 Å². The summed E-state index contributed by atoms with van der Waals surface area (Å²) in [5, 5.41) is 16.0. The molecular weight excluding hydrogens is 474 g/mol. The van der Waals surface area contributed by atoms with Gasteiger partial charge in [-0.1, -0.05) is 50.2 Å². The van der Waals surface area contributed by atoms with Crippen LogP contribution in [0.3, 0.4) is 0 Å². The number of fused-ring (bicyclic) bond motifs is 3. The van der Waals surface area contributed by atoms with Gasteiger partial charge in [0, 0.05) is 47.5 Å². The third kappa shape index (κ3) is 5.61. The van der Waals surface area contributed by atoms with E-state index in [4.69, 9.17) is 0 Å². The van der Waals surface area contributed by atoms with Gasteiger partial charge in [0.05, 0.1) is 17.5 Å². The monoisotopic (exact) mass is 507 g/mol. The third-order valence-electron chi connectivity index (χ3n) is 6.26. The minimum atomic E-state index is -3.85. The largest absolute Gasteiger partial charge is 0.390 e. The lowest BCUT2D eigenvalue weighted by atomic mass is 10.1. The zero-order chi connectivity index (χ0) is 25.9. The Morgan fingerprint density at radius 1 is 0.944 bits per heavy atom. The summed E-state index contributed by atoms with van der Waals surface area (Å²) in [6.45, 7) is 6.03. The van der Waals surface area contributed by atoms with Crippen molar-refractivity contribution < 1.29 is 18.3 Å². The number of rotatable bonds is 10. The van der Waals surface area contributed by atoms with E-state index in [-0.39, 0.29) is 23.9 Å². The maximum atomic E-state index is 13.6. The van der Waals surface area contributed by atoms with Gasteiger partial charge in [-0.05, 0) is 48.7 Å². The number of hydrogen-bond acceptors (Lipinski definition) is 4. The van der Waals surface area contributed by atoms with Crippen LogP contribution in [-0.4, -0.2) is 47.5 Å². The Morgan fingerprint density at radius 3 is 2.03 bits per heavy atom. The summed E-state index contributed by atoms with van der Waals surface area (Å²) in [6, 6.07) is 22.2. The van der Waals surface area contributed by atoms with Crippen molar-refractivity contribution in [2.24, 2.45) is 5.92 Å². The molecule has 0 saturated heterocycles. The molecule has 0 saturated carbocycles. The number of carbonyl (C=O) groups is 1. The van der Waals surface area contributed by atoms with Crippen molar-refractivity contribution in [3.05, 3.63) is 72.8 Å². The molecule has 0 aliphatic heterocycles. The van der Waals surface area contributed by atoms with Crippen LogP contribution in [0.15, 0.2) is 77.7 Å². The molecule has 0 bridgehead atoms. The summed E-state index contributed by atoms with van der Waals surface area (Å²) >= 11 is 0. The van der Waals surface area contributed by atoms with E-state index in [0.717, 1.165) is 21.8 Å². The Balaban J connectivity index is 1.61. The first kappa shape index (κ1) is 25.9. The summed E-state index contributed by atoms with van der Waals surface area (Å²) in [4.78, 5) is 11.4. The normalized spacial score (nSPS) is 13.1. The van der Waals surface area contributed by atoms with Crippen molar-refractivity contribution >= 4 is 43.4 Å². The molecule has 0 radical (unpaired) electrons. The number of carbonyl (C=O) groups excluding carboxylic acids is 1. The molecule has 0 aliphatic carbocycles. The molecule has 4 rings (SSSR count). The number of aliphatic hydroxyl groups is 1. The fourth-order valence-corrected chi connectivity index (χ4v) is 5.97. The summed E-state index contributed by atoms with van der Waals surface area (Å²) in [5.74, 6) is 0.0803. The van der Waals surface area contributed by atoms with E-state index in [1.54, 1.807) is 12.1 Å². The van der Waals surface area contributed by atoms with Crippen LogP contribution >= 0.6 is 0 Å². The van der Waals surface area contributed by atoms with Crippen molar-refractivity contribution in [2.45, 2.75) is 44.7 Å². The van der Waals surface area contributed by atoms with Gasteiger partial charge in [0.2, 0.25) is 15.9 Å². The molecular formula is C28H33N3O4S. The van der Waals surface area contributed by atoms with E-state index in [2.05, 4.69) is 22.0 Å². The van der Waals surface area contributed by atoms with Gasteiger partial charge >= 0.3 is 0 Å². The lowest BCUT2D eigenvalue weighted by Gasteiger charge is -2.26. The Labute approximate surface area is 212 Å². The highest BCUT2D eigenvalue weighted by molar-refractivity contribution is 7.89. The molecule has 0 fully saturated rings. The average molecular weight is 508 g/mol. The van der Waals surface area contributed by atoms with Gasteiger partial charge in [0.1, 0.15) is 0 Å². The Morgan fingerprint density at radius 2 is 1.50 bits per heavy atom.